The van der Waals surface area contributed by atoms with E-state index in [1.165, 1.54) is 12.1 Å². The Kier molecular flexibility index (Phi) is 4.01. The van der Waals surface area contributed by atoms with Crippen molar-refractivity contribution in [1.29, 1.82) is 0 Å². The van der Waals surface area contributed by atoms with Crippen molar-refractivity contribution in [2.24, 2.45) is 5.73 Å². The van der Waals surface area contributed by atoms with E-state index < -0.39 is 6.04 Å². The first-order chi connectivity index (χ1) is 9.10. The summed E-state index contributed by atoms with van der Waals surface area (Å²) >= 11 is 0. The van der Waals surface area contributed by atoms with Crippen LogP contribution in [0.25, 0.3) is 0 Å². The van der Waals surface area contributed by atoms with Crippen LogP contribution in [0, 0.1) is 0 Å². The van der Waals surface area contributed by atoms with Crippen molar-refractivity contribution in [3.05, 3.63) is 35.5 Å². The van der Waals surface area contributed by atoms with Crippen molar-refractivity contribution in [3.63, 3.8) is 0 Å². The fraction of sp³-hybridized carbons (Fsp3) is 0.385. The first-order valence-electron chi connectivity index (χ1n) is 6.19. The van der Waals surface area contributed by atoms with Crippen LogP contribution < -0.4 is 5.73 Å². The van der Waals surface area contributed by atoms with Gasteiger partial charge in [-0.05, 0) is 30.5 Å². The normalized spacial score (nSPS) is 12.5. The lowest BCUT2D eigenvalue weighted by molar-refractivity contribution is 0.349. The van der Waals surface area contributed by atoms with Crippen molar-refractivity contribution in [3.8, 4) is 11.5 Å². The minimum atomic E-state index is -0.429. The van der Waals surface area contributed by atoms with Crippen LogP contribution in [0.1, 0.15) is 36.7 Å². The Labute approximate surface area is 110 Å². The topological polar surface area (TPSA) is 105 Å². The van der Waals surface area contributed by atoms with Crippen LogP contribution in [-0.4, -0.2) is 20.4 Å². The number of phenolic OH excluding ortho intramolecular Hbond substituents is 2. The average molecular weight is 263 g/mol. The highest BCUT2D eigenvalue weighted by molar-refractivity contribution is 5.40. The van der Waals surface area contributed by atoms with Crippen molar-refractivity contribution in [2.45, 2.75) is 32.2 Å². The van der Waals surface area contributed by atoms with Crippen LogP contribution in [0.3, 0.4) is 0 Å². The van der Waals surface area contributed by atoms with Gasteiger partial charge in [-0.2, -0.15) is 4.98 Å². The van der Waals surface area contributed by atoms with Gasteiger partial charge in [-0.15, -0.1) is 0 Å². The summed E-state index contributed by atoms with van der Waals surface area (Å²) < 4.78 is 5.11. The minimum absolute atomic E-state index is 0.152. The van der Waals surface area contributed by atoms with Gasteiger partial charge in [0.2, 0.25) is 5.89 Å². The number of benzene rings is 1. The number of aryl methyl sites for hydroxylation is 1. The van der Waals surface area contributed by atoms with Gasteiger partial charge >= 0.3 is 0 Å². The van der Waals surface area contributed by atoms with E-state index in [9.17, 15) is 10.2 Å². The molecule has 19 heavy (non-hydrogen) atoms. The molecule has 1 atom stereocenters. The van der Waals surface area contributed by atoms with Gasteiger partial charge in [-0.1, -0.05) is 18.1 Å². The summed E-state index contributed by atoms with van der Waals surface area (Å²) in [6.07, 6.45) is 2.15. The molecule has 102 valence electrons. The molecule has 0 radical (unpaired) electrons. The predicted molar refractivity (Wildman–Crippen MR) is 68.7 cm³/mol. The Bertz CT molecular complexity index is 554. The van der Waals surface area contributed by atoms with Crippen LogP contribution in [0.2, 0.25) is 0 Å². The Hall–Kier alpha value is -2.08. The molecule has 2 rings (SSSR count). The molecule has 0 saturated carbocycles. The van der Waals surface area contributed by atoms with Crippen molar-refractivity contribution in [1.82, 2.24) is 10.1 Å². The zero-order valence-electron chi connectivity index (χ0n) is 10.7. The van der Waals surface area contributed by atoms with E-state index in [1.54, 1.807) is 6.07 Å². The molecule has 0 aliphatic rings. The molecule has 6 heteroatoms. The third-order valence-electron chi connectivity index (χ3n) is 2.77. The third-order valence-corrected chi connectivity index (χ3v) is 2.77. The molecular weight excluding hydrogens is 246 g/mol. The molecule has 0 saturated heterocycles. The SMILES string of the molecule is CCCc1noc(C(N)Cc2ccc(O)c(O)c2)n1. The van der Waals surface area contributed by atoms with E-state index in [0.717, 1.165) is 18.4 Å². The van der Waals surface area contributed by atoms with Gasteiger partial charge in [0, 0.05) is 6.42 Å². The molecular formula is C13H17N3O3. The van der Waals surface area contributed by atoms with Crippen LogP contribution >= 0.6 is 0 Å². The summed E-state index contributed by atoms with van der Waals surface area (Å²) in [7, 11) is 0. The van der Waals surface area contributed by atoms with E-state index in [0.29, 0.717) is 18.1 Å². The summed E-state index contributed by atoms with van der Waals surface area (Å²) in [5.74, 6) is 0.722. The highest BCUT2D eigenvalue weighted by atomic mass is 16.5. The molecule has 0 amide bonds. The second-order valence-electron chi connectivity index (χ2n) is 4.43. The summed E-state index contributed by atoms with van der Waals surface area (Å²) in [5.41, 5.74) is 6.77. The van der Waals surface area contributed by atoms with E-state index in [2.05, 4.69) is 10.1 Å². The lowest BCUT2D eigenvalue weighted by Gasteiger charge is -2.07. The number of phenols is 2. The molecule has 0 aliphatic carbocycles. The Balaban J connectivity index is 2.06. The van der Waals surface area contributed by atoms with E-state index in [1.807, 2.05) is 6.92 Å². The highest BCUT2D eigenvalue weighted by Crippen LogP contribution is 2.26. The third kappa shape index (κ3) is 3.23. The Morgan fingerprint density at radius 1 is 1.32 bits per heavy atom. The first kappa shape index (κ1) is 13.4. The molecule has 6 nitrogen and oxygen atoms in total. The molecule has 0 aliphatic heterocycles. The van der Waals surface area contributed by atoms with E-state index in [4.69, 9.17) is 10.3 Å². The maximum atomic E-state index is 9.42. The molecule has 0 bridgehead atoms. The van der Waals surface area contributed by atoms with Crippen LogP contribution in [-0.2, 0) is 12.8 Å². The Morgan fingerprint density at radius 3 is 2.79 bits per heavy atom. The quantitative estimate of drug-likeness (QED) is 0.709. The van der Waals surface area contributed by atoms with Gasteiger partial charge in [0.1, 0.15) is 0 Å². The number of aromatic nitrogens is 2. The second kappa shape index (κ2) is 5.71. The van der Waals surface area contributed by atoms with Gasteiger partial charge in [0.15, 0.2) is 17.3 Å². The van der Waals surface area contributed by atoms with Gasteiger partial charge < -0.3 is 20.5 Å². The maximum absolute atomic E-state index is 9.42. The molecule has 0 fully saturated rings. The number of nitrogens with zero attached hydrogens (tertiary/aromatic N) is 2. The predicted octanol–water partition coefficient (Wildman–Crippen LogP) is 1.68. The van der Waals surface area contributed by atoms with Gasteiger partial charge in [0.05, 0.1) is 6.04 Å². The van der Waals surface area contributed by atoms with Crippen LogP contribution in [0.4, 0.5) is 0 Å². The molecule has 2 aromatic rings. The zero-order valence-corrected chi connectivity index (χ0v) is 10.7. The van der Waals surface area contributed by atoms with Gasteiger partial charge in [0.25, 0.3) is 0 Å². The lowest BCUT2D eigenvalue weighted by Crippen LogP contribution is -2.13. The molecule has 1 aromatic heterocycles. The fourth-order valence-electron chi connectivity index (χ4n) is 1.78. The molecule has 1 aromatic carbocycles. The number of hydrogen-bond donors (Lipinski definition) is 3. The second-order valence-corrected chi connectivity index (χ2v) is 4.43. The monoisotopic (exact) mass is 263 g/mol. The van der Waals surface area contributed by atoms with Crippen molar-refractivity contribution in [2.75, 3.05) is 0 Å². The summed E-state index contributed by atoms with van der Waals surface area (Å²) in [6.45, 7) is 2.04. The van der Waals surface area contributed by atoms with Crippen LogP contribution in [0.5, 0.6) is 11.5 Å². The summed E-state index contributed by atoms with van der Waals surface area (Å²) in [6, 6.07) is 4.16. The molecule has 4 N–H and O–H groups in total. The number of aromatic hydroxyl groups is 2. The number of rotatable bonds is 5. The lowest BCUT2D eigenvalue weighted by atomic mass is 10.1. The van der Waals surface area contributed by atoms with Crippen molar-refractivity contribution >= 4 is 0 Å². The summed E-state index contributed by atoms with van der Waals surface area (Å²) in [5, 5.41) is 22.5. The van der Waals surface area contributed by atoms with Crippen LogP contribution in [0.15, 0.2) is 22.7 Å². The minimum Gasteiger partial charge on any atom is -0.504 e. The number of hydrogen-bond acceptors (Lipinski definition) is 6. The largest absolute Gasteiger partial charge is 0.504 e. The average Bonchev–Trinajstić information content (AvgIpc) is 2.83. The van der Waals surface area contributed by atoms with Gasteiger partial charge in [-0.3, -0.25) is 0 Å². The first-order valence-corrected chi connectivity index (χ1v) is 6.19. The van der Waals surface area contributed by atoms with Gasteiger partial charge in [-0.25, -0.2) is 0 Å². The number of nitrogens with two attached hydrogens (primary N) is 1. The van der Waals surface area contributed by atoms with Crippen molar-refractivity contribution < 1.29 is 14.7 Å². The molecule has 1 unspecified atom stereocenters. The standard InChI is InChI=1S/C13H17N3O3/c1-2-3-12-15-13(19-16-12)9(14)6-8-4-5-10(17)11(18)7-8/h4-5,7,9,17-18H,2-3,6,14H2,1H3. The zero-order chi connectivity index (χ0) is 13.8. The van der Waals surface area contributed by atoms with E-state index >= 15 is 0 Å². The fourth-order valence-corrected chi connectivity index (χ4v) is 1.78. The molecule has 1 heterocycles. The smallest absolute Gasteiger partial charge is 0.243 e. The summed E-state index contributed by atoms with van der Waals surface area (Å²) in [4.78, 5) is 4.22. The Morgan fingerprint density at radius 2 is 2.11 bits per heavy atom. The maximum Gasteiger partial charge on any atom is 0.243 e. The highest BCUT2D eigenvalue weighted by Gasteiger charge is 2.15. The van der Waals surface area contributed by atoms with E-state index in [-0.39, 0.29) is 11.5 Å². The molecule has 0 spiro atoms.